The summed E-state index contributed by atoms with van der Waals surface area (Å²) in [6.07, 6.45) is 0.911. The molecule has 0 fully saturated rings. The maximum atomic E-state index is 5.81. The average Bonchev–Trinajstić information content (AvgIpc) is 2.79. The molecule has 0 radical (unpaired) electrons. The van der Waals surface area contributed by atoms with Gasteiger partial charge in [0.05, 0.1) is 17.8 Å². The summed E-state index contributed by atoms with van der Waals surface area (Å²) < 4.78 is 6.91. The summed E-state index contributed by atoms with van der Waals surface area (Å²) in [5.41, 5.74) is 4.20. The Balaban J connectivity index is 1.92. The van der Waals surface area contributed by atoms with Crippen molar-refractivity contribution in [2.75, 3.05) is 13.7 Å². The number of rotatable bonds is 6. The highest BCUT2D eigenvalue weighted by atomic mass is 79.9. The molecule has 0 saturated carbocycles. The number of hydrogen-bond donors (Lipinski definition) is 1. The van der Waals surface area contributed by atoms with Crippen LogP contribution >= 0.6 is 27.3 Å². The van der Waals surface area contributed by atoms with E-state index >= 15 is 0 Å². The molecule has 2 rings (SSSR count). The molecule has 0 spiro atoms. The number of aryl methyl sites for hydroxylation is 1. The van der Waals surface area contributed by atoms with Crippen molar-refractivity contribution in [3.05, 3.63) is 44.3 Å². The molecule has 102 valence electrons. The number of benzene rings is 1. The second-order valence-corrected chi connectivity index (χ2v) is 6.04. The van der Waals surface area contributed by atoms with Gasteiger partial charge in [0.25, 0.3) is 0 Å². The lowest BCUT2D eigenvalue weighted by atomic mass is 10.2. The number of nitrogens with one attached hydrogen (secondary N) is 1. The fraction of sp³-hybridized carbons (Fsp3) is 0.357. The summed E-state index contributed by atoms with van der Waals surface area (Å²) in [7, 11) is 1.94. The van der Waals surface area contributed by atoms with Gasteiger partial charge in [-0.05, 0) is 37.7 Å². The van der Waals surface area contributed by atoms with E-state index in [0.29, 0.717) is 6.61 Å². The first kappa shape index (κ1) is 14.5. The van der Waals surface area contributed by atoms with E-state index < -0.39 is 0 Å². The van der Waals surface area contributed by atoms with E-state index in [9.17, 15) is 0 Å². The SMILES string of the molecule is CNCc1cc(OCCc2scnc2C)ccc1Br. The largest absolute Gasteiger partial charge is 0.493 e. The standard InChI is InChI=1S/C14H17BrN2OS/c1-10-14(19-9-17-10)5-6-18-12-3-4-13(15)11(7-12)8-16-2/h3-4,7,9,16H,5-6,8H2,1-2H3. The van der Waals surface area contributed by atoms with Crippen molar-refractivity contribution < 1.29 is 4.74 Å². The number of ether oxygens (including phenoxy) is 1. The molecule has 1 N–H and O–H groups in total. The number of nitrogens with zero attached hydrogens (tertiary/aromatic N) is 1. The van der Waals surface area contributed by atoms with Gasteiger partial charge in [-0.3, -0.25) is 0 Å². The van der Waals surface area contributed by atoms with Gasteiger partial charge in [0.15, 0.2) is 0 Å². The summed E-state index contributed by atoms with van der Waals surface area (Å²) in [5.74, 6) is 0.913. The van der Waals surface area contributed by atoms with Crippen LogP contribution in [0.3, 0.4) is 0 Å². The summed E-state index contributed by atoms with van der Waals surface area (Å²) in [5, 5.41) is 3.15. The maximum absolute atomic E-state index is 5.81. The molecule has 1 heterocycles. The van der Waals surface area contributed by atoms with Crippen molar-refractivity contribution in [3.63, 3.8) is 0 Å². The summed E-state index contributed by atoms with van der Waals surface area (Å²) in [6.45, 7) is 3.55. The van der Waals surface area contributed by atoms with Crippen LogP contribution in [0.2, 0.25) is 0 Å². The molecule has 0 amide bonds. The summed E-state index contributed by atoms with van der Waals surface area (Å²) in [4.78, 5) is 5.54. The second-order valence-electron chi connectivity index (χ2n) is 4.24. The van der Waals surface area contributed by atoms with Crippen LogP contribution in [0.4, 0.5) is 0 Å². The van der Waals surface area contributed by atoms with Gasteiger partial charge < -0.3 is 10.1 Å². The molecule has 0 bridgehead atoms. The quantitative estimate of drug-likeness (QED) is 0.872. The van der Waals surface area contributed by atoms with Crippen LogP contribution in [0.15, 0.2) is 28.2 Å². The normalized spacial score (nSPS) is 10.7. The van der Waals surface area contributed by atoms with Crippen LogP contribution in [-0.2, 0) is 13.0 Å². The van der Waals surface area contributed by atoms with Gasteiger partial charge in [-0.15, -0.1) is 11.3 Å². The Morgan fingerprint density at radius 2 is 2.26 bits per heavy atom. The Labute approximate surface area is 126 Å². The van der Waals surface area contributed by atoms with Crippen molar-refractivity contribution in [2.45, 2.75) is 19.9 Å². The molecular weight excluding hydrogens is 324 g/mol. The van der Waals surface area contributed by atoms with Crippen molar-refractivity contribution >= 4 is 27.3 Å². The van der Waals surface area contributed by atoms with Gasteiger partial charge >= 0.3 is 0 Å². The smallest absolute Gasteiger partial charge is 0.119 e. The first-order valence-electron chi connectivity index (χ1n) is 6.15. The van der Waals surface area contributed by atoms with Crippen molar-refractivity contribution in [3.8, 4) is 5.75 Å². The van der Waals surface area contributed by atoms with Gasteiger partial charge in [0.1, 0.15) is 5.75 Å². The first-order valence-corrected chi connectivity index (χ1v) is 7.82. The van der Waals surface area contributed by atoms with E-state index in [0.717, 1.165) is 28.9 Å². The van der Waals surface area contributed by atoms with E-state index in [-0.39, 0.29) is 0 Å². The van der Waals surface area contributed by atoms with E-state index in [4.69, 9.17) is 4.74 Å². The zero-order valence-corrected chi connectivity index (χ0v) is 13.5. The number of hydrogen-bond acceptors (Lipinski definition) is 4. The molecule has 0 atom stereocenters. The zero-order valence-electron chi connectivity index (χ0n) is 11.1. The van der Waals surface area contributed by atoms with Gasteiger partial charge in [-0.2, -0.15) is 0 Å². The molecule has 5 heteroatoms. The number of halogens is 1. The minimum Gasteiger partial charge on any atom is -0.493 e. The molecule has 0 aliphatic heterocycles. The molecule has 1 aromatic carbocycles. The topological polar surface area (TPSA) is 34.1 Å². The van der Waals surface area contributed by atoms with Gasteiger partial charge in [0, 0.05) is 22.3 Å². The lowest BCUT2D eigenvalue weighted by Crippen LogP contribution is -2.06. The van der Waals surface area contributed by atoms with Gasteiger partial charge in [-0.1, -0.05) is 15.9 Å². The Morgan fingerprint density at radius 1 is 1.42 bits per heavy atom. The lowest BCUT2D eigenvalue weighted by molar-refractivity contribution is 0.322. The lowest BCUT2D eigenvalue weighted by Gasteiger charge is -2.09. The first-order chi connectivity index (χ1) is 9.20. The third-order valence-corrected chi connectivity index (χ3v) is 4.60. The molecular formula is C14H17BrN2OS. The molecule has 0 saturated heterocycles. The van der Waals surface area contributed by atoms with Gasteiger partial charge in [0.2, 0.25) is 0 Å². The molecule has 2 aromatic rings. The highest BCUT2D eigenvalue weighted by Gasteiger charge is 2.04. The Hall–Kier alpha value is -0.910. The third kappa shape index (κ3) is 4.03. The van der Waals surface area contributed by atoms with Crippen LogP contribution in [0, 0.1) is 6.92 Å². The maximum Gasteiger partial charge on any atom is 0.119 e. The van der Waals surface area contributed by atoms with Crippen molar-refractivity contribution in [1.82, 2.24) is 10.3 Å². The van der Waals surface area contributed by atoms with E-state index in [2.05, 4.69) is 32.3 Å². The summed E-state index contributed by atoms with van der Waals surface area (Å²) in [6, 6.07) is 6.09. The number of aromatic nitrogens is 1. The molecule has 0 aliphatic carbocycles. The Morgan fingerprint density at radius 3 is 2.95 bits per heavy atom. The predicted molar refractivity (Wildman–Crippen MR) is 83.0 cm³/mol. The van der Waals surface area contributed by atoms with Crippen molar-refractivity contribution in [2.24, 2.45) is 0 Å². The van der Waals surface area contributed by atoms with Crippen LogP contribution in [-0.4, -0.2) is 18.6 Å². The van der Waals surface area contributed by atoms with Crippen LogP contribution in [0.1, 0.15) is 16.1 Å². The minimum atomic E-state index is 0.684. The van der Waals surface area contributed by atoms with Crippen LogP contribution in [0.5, 0.6) is 5.75 Å². The third-order valence-electron chi connectivity index (χ3n) is 2.83. The average molecular weight is 341 g/mol. The van der Waals surface area contributed by atoms with E-state index in [1.165, 1.54) is 10.4 Å². The molecule has 1 aromatic heterocycles. The zero-order chi connectivity index (χ0) is 13.7. The summed E-state index contributed by atoms with van der Waals surface area (Å²) >= 11 is 5.23. The minimum absolute atomic E-state index is 0.684. The fourth-order valence-electron chi connectivity index (χ4n) is 1.79. The van der Waals surface area contributed by atoms with E-state index in [1.54, 1.807) is 11.3 Å². The monoisotopic (exact) mass is 340 g/mol. The molecule has 0 aliphatic rings. The molecule has 19 heavy (non-hydrogen) atoms. The van der Waals surface area contributed by atoms with Gasteiger partial charge in [-0.25, -0.2) is 4.98 Å². The predicted octanol–water partition coefficient (Wildman–Crippen LogP) is 3.55. The number of thiazole rings is 1. The second kappa shape index (κ2) is 7.03. The fourth-order valence-corrected chi connectivity index (χ4v) is 2.94. The highest BCUT2D eigenvalue weighted by molar-refractivity contribution is 9.10. The highest BCUT2D eigenvalue weighted by Crippen LogP contribution is 2.23. The Kier molecular flexibility index (Phi) is 5.36. The molecule has 0 unspecified atom stereocenters. The van der Waals surface area contributed by atoms with E-state index in [1.807, 2.05) is 31.6 Å². The van der Waals surface area contributed by atoms with Crippen LogP contribution in [0.25, 0.3) is 0 Å². The van der Waals surface area contributed by atoms with Crippen molar-refractivity contribution in [1.29, 1.82) is 0 Å². The molecule has 3 nitrogen and oxygen atoms in total. The van der Waals surface area contributed by atoms with Crippen LogP contribution < -0.4 is 10.1 Å². The Bertz CT molecular complexity index is 542.